The lowest BCUT2D eigenvalue weighted by atomic mass is 10.1. The van der Waals surface area contributed by atoms with Crippen molar-refractivity contribution in [3.05, 3.63) is 71.0 Å². The first-order valence-electron chi connectivity index (χ1n) is 7.36. The van der Waals surface area contributed by atoms with Crippen LogP contribution < -0.4 is 0 Å². The van der Waals surface area contributed by atoms with E-state index in [1.165, 1.54) is 17.7 Å². The topological polar surface area (TPSA) is 29.5 Å². The minimum Gasteiger partial charge on any atom is -0.370 e. The molecule has 2 aromatic carbocycles. The maximum atomic E-state index is 13.3. The monoisotopic (exact) mass is 299 g/mol. The van der Waals surface area contributed by atoms with Crippen molar-refractivity contribution in [2.75, 3.05) is 19.7 Å². The molecule has 22 heavy (non-hydrogen) atoms. The second-order valence-corrected chi connectivity index (χ2v) is 5.53. The molecule has 0 N–H and O–H groups in total. The fourth-order valence-corrected chi connectivity index (χ4v) is 2.62. The molecule has 1 saturated heterocycles. The third kappa shape index (κ3) is 3.17. The average Bonchev–Trinajstić information content (AvgIpc) is 2.55. The minimum atomic E-state index is -0.394. The highest BCUT2D eigenvalue weighted by Gasteiger charge is 2.26. The molecule has 0 saturated carbocycles. The van der Waals surface area contributed by atoms with Crippen molar-refractivity contribution in [1.29, 1.82) is 0 Å². The quantitative estimate of drug-likeness (QED) is 0.851. The minimum absolute atomic E-state index is 0.133. The summed E-state index contributed by atoms with van der Waals surface area (Å²) in [4.78, 5) is 14.2. The lowest BCUT2D eigenvalue weighted by Gasteiger charge is -2.33. The van der Waals surface area contributed by atoms with E-state index in [-0.39, 0.29) is 12.0 Å². The number of hydrogen-bond acceptors (Lipinski definition) is 2. The van der Waals surface area contributed by atoms with E-state index in [1.807, 2.05) is 31.2 Å². The molecule has 3 nitrogen and oxygen atoms in total. The van der Waals surface area contributed by atoms with Gasteiger partial charge in [-0.25, -0.2) is 4.39 Å². The number of nitrogens with zero attached hydrogens (tertiary/aromatic N) is 1. The Morgan fingerprint density at radius 1 is 1.23 bits per heavy atom. The van der Waals surface area contributed by atoms with Gasteiger partial charge in [0.25, 0.3) is 5.91 Å². The molecule has 1 aliphatic rings. The Bertz CT molecular complexity index is 669. The molecular formula is C18H18FNO2. The van der Waals surface area contributed by atoms with Crippen LogP contribution >= 0.6 is 0 Å². The van der Waals surface area contributed by atoms with Gasteiger partial charge < -0.3 is 9.64 Å². The van der Waals surface area contributed by atoms with Crippen LogP contribution in [0.25, 0.3) is 0 Å². The van der Waals surface area contributed by atoms with Gasteiger partial charge in [0, 0.05) is 12.1 Å². The molecule has 0 radical (unpaired) electrons. The maximum Gasteiger partial charge on any atom is 0.254 e. The van der Waals surface area contributed by atoms with E-state index < -0.39 is 5.82 Å². The van der Waals surface area contributed by atoms with Crippen molar-refractivity contribution < 1.29 is 13.9 Å². The molecule has 114 valence electrons. The normalized spacial score (nSPS) is 18.3. The van der Waals surface area contributed by atoms with Crippen molar-refractivity contribution in [3.8, 4) is 0 Å². The predicted octanol–water partition coefficient (Wildman–Crippen LogP) is 3.35. The summed E-state index contributed by atoms with van der Waals surface area (Å²) in [6, 6.07) is 13.9. The van der Waals surface area contributed by atoms with E-state index in [1.54, 1.807) is 17.0 Å². The lowest BCUT2D eigenvalue weighted by Crippen LogP contribution is -2.42. The van der Waals surface area contributed by atoms with Crippen LogP contribution in [0, 0.1) is 12.7 Å². The first-order valence-corrected chi connectivity index (χ1v) is 7.36. The zero-order valence-corrected chi connectivity index (χ0v) is 12.5. The highest BCUT2D eigenvalue weighted by Crippen LogP contribution is 2.23. The SMILES string of the molecule is Cc1ccc(C2CN(C(=O)c3cccc(F)c3)CCO2)cc1. The van der Waals surface area contributed by atoms with Gasteiger partial charge in [0.15, 0.2) is 0 Å². The second kappa shape index (κ2) is 6.28. The summed E-state index contributed by atoms with van der Waals surface area (Å²) in [5.74, 6) is -0.547. The van der Waals surface area contributed by atoms with Crippen LogP contribution in [0.3, 0.4) is 0 Å². The van der Waals surface area contributed by atoms with Crippen molar-refractivity contribution >= 4 is 5.91 Å². The van der Waals surface area contributed by atoms with Gasteiger partial charge in [-0.05, 0) is 30.7 Å². The lowest BCUT2D eigenvalue weighted by molar-refractivity contribution is -0.0228. The Labute approximate surface area is 129 Å². The van der Waals surface area contributed by atoms with Crippen LogP contribution in [0.4, 0.5) is 4.39 Å². The Morgan fingerprint density at radius 3 is 2.73 bits per heavy atom. The molecule has 0 aliphatic carbocycles. The summed E-state index contributed by atoms with van der Waals surface area (Å²) < 4.78 is 19.1. The Hall–Kier alpha value is -2.20. The van der Waals surface area contributed by atoms with E-state index >= 15 is 0 Å². The van der Waals surface area contributed by atoms with Gasteiger partial charge in [-0.3, -0.25) is 4.79 Å². The molecule has 1 unspecified atom stereocenters. The van der Waals surface area contributed by atoms with Gasteiger partial charge in [0.2, 0.25) is 0 Å². The van der Waals surface area contributed by atoms with Crippen molar-refractivity contribution in [2.24, 2.45) is 0 Å². The van der Waals surface area contributed by atoms with Crippen LogP contribution in [0.2, 0.25) is 0 Å². The van der Waals surface area contributed by atoms with Crippen LogP contribution in [0.5, 0.6) is 0 Å². The Balaban J connectivity index is 1.75. The standard InChI is InChI=1S/C18H18FNO2/c1-13-5-7-14(8-6-13)17-12-20(9-10-22-17)18(21)15-3-2-4-16(19)11-15/h2-8,11,17H,9-10,12H2,1H3. The molecular weight excluding hydrogens is 281 g/mol. The fraction of sp³-hybridized carbons (Fsp3) is 0.278. The van der Waals surface area contributed by atoms with Gasteiger partial charge in [-0.2, -0.15) is 0 Å². The first-order chi connectivity index (χ1) is 10.6. The molecule has 1 aliphatic heterocycles. The molecule has 0 aromatic heterocycles. The summed E-state index contributed by atoms with van der Waals surface area (Å²) >= 11 is 0. The number of amides is 1. The number of rotatable bonds is 2. The summed E-state index contributed by atoms with van der Waals surface area (Å²) in [7, 11) is 0. The molecule has 1 heterocycles. The maximum absolute atomic E-state index is 13.3. The van der Waals surface area contributed by atoms with Crippen LogP contribution in [0.1, 0.15) is 27.6 Å². The van der Waals surface area contributed by atoms with Crippen LogP contribution in [-0.2, 0) is 4.74 Å². The third-order valence-corrected chi connectivity index (χ3v) is 3.87. The van der Waals surface area contributed by atoms with Gasteiger partial charge in [-0.15, -0.1) is 0 Å². The van der Waals surface area contributed by atoms with E-state index in [0.29, 0.717) is 25.3 Å². The van der Waals surface area contributed by atoms with Crippen LogP contribution in [-0.4, -0.2) is 30.5 Å². The van der Waals surface area contributed by atoms with Crippen molar-refractivity contribution in [2.45, 2.75) is 13.0 Å². The van der Waals surface area contributed by atoms with E-state index in [0.717, 1.165) is 5.56 Å². The summed E-state index contributed by atoms with van der Waals surface area (Å²) in [5.41, 5.74) is 2.62. The van der Waals surface area contributed by atoms with Crippen LogP contribution in [0.15, 0.2) is 48.5 Å². The highest BCUT2D eigenvalue weighted by molar-refractivity contribution is 5.94. The van der Waals surface area contributed by atoms with Gasteiger partial charge in [0.05, 0.1) is 13.2 Å². The van der Waals surface area contributed by atoms with Crippen molar-refractivity contribution in [1.82, 2.24) is 4.90 Å². The number of benzene rings is 2. The number of hydrogen-bond donors (Lipinski definition) is 0. The molecule has 1 fully saturated rings. The van der Waals surface area contributed by atoms with E-state index in [2.05, 4.69) is 0 Å². The fourth-order valence-electron chi connectivity index (χ4n) is 2.62. The largest absolute Gasteiger partial charge is 0.370 e. The summed E-state index contributed by atoms with van der Waals surface area (Å²) in [6.07, 6.45) is -0.133. The number of aryl methyl sites for hydroxylation is 1. The molecule has 0 spiro atoms. The highest BCUT2D eigenvalue weighted by atomic mass is 19.1. The number of ether oxygens (including phenoxy) is 1. The average molecular weight is 299 g/mol. The van der Waals surface area contributed by atoms with E-state index in [4.69, 9.17) is 4.74 Å². The smallest absolute Gasteiger partial charge is 0.254 e. The van der Waals surface area contributed by atoms with Gasteiger partial charge in [-0.1, -0.05) is 35.9 Å². The predicted molar refractivity (Wildman–Crippen MR) is 82.2 cm³/mol. The van der Waals surface area contributed by atoms with Gasteiger partial charge >= 0.3 is 0 Å². The van der Waals surface area contributed by atoms with E-state index in [9.17, 15) is 9.18 Å². The Morgan fingerprint density at radius 2 is 2.00 bits per heavy atom. The number of morpholine rings is 1. The molecule has 1 atom stereocenters. The Kier molecular flexibility index (Phi) is 4.20. The molecule has 1 amide bonds. The third-order valence-electron chi connectivity index (χ3n) is 3.87. The molecule has 3 rings (SSSR count). The zero-order valence-electron chi connectivity index (χ0n) is 12.5. The van der Waals surface area contributed by atoms with Crippen molar-refractivity contribution in [3.63, 3.8) is 0 Å². The summed E-state index contributed by atoms with van der Waals surface area (Å²) in [6.45, 7) is 3.53. The number of carbonyl (C=O) groups excluding carboxylic acids is 1. The number of carbonyl (C=O) groups is 1. The molecule has 0 bridgehead atoms. The number of halogens is 1. The van der Waals surface area contributed by atoms with Gasteiger partial charge in [0.1, 0.15) is 11.9 Å². The zero-order chi connectivity index (χ0) is 15.5. The first kappa shape index (κ1) is 14.7. The molecule has 2 aromatic rings. The molecule has 4 heteroatoms. The second-order valence-electron chi connectivity index (χ2n) is 5.53. The summed E-state index contributed by atoms with van der Waals surface area (Å²) in [5, 5.41) is 0.